The summed E-state index contributed by atoms with van der Waals surface area (Å²) < 4.78 is 49.6. The maximum Gasteiger partial charge on any atom is 0.416 e. The van der Waals surface area contributed by atoms with Crippen molar-refractivity contribution in [1.82, 2.24) is 5.32 Å². The van der Waals surface area contributed by atoms with Crippen LogP contribution in [0.2, 0.25) is 0 Å². The summed E-state index contributed by atoms with van der Waals surface area (Å²) in [7, 11) is 1.42. The predicted molar refractivity (Wildman–Crippen MR) is 127 cm³/mol. The summed E-state index contributed by atoms with van der Waals surface area (Å²) in [6.07, 6.45) is -4.72. The summed E-state index contributed by atoms with van der Waals surface area (Å²) in [5.41, 5.74) is 2.13. The van der Waals surface area contributed by atoms with Gasteiger partial charge in [0.05, 0.1) is 25.5 Å². The number of hydrogen-bond donors (Lipinski definition) is 2. The van der Waals surface area contributed by atoms with Crippen molar-refractivity contribution < 1.29 is 37.3 Å². The maximum atomic E-state index is 13.0. The second-order valence-corrected chi connectivity index (χ2v) is 7.99. The first-order chi connectivity index (χ1) is 17.2. The molecule has 190 valence electrons. The Morgan fingerprint density at radius 2 is 1.64 bits per heavy atom. The minimum Gasteiger partial charge on any atom is -0.496 e. The number of halogens is 3. The number of ether oxygens (including phenoxy) is 2. The fraction of sp³-hybridized carbons (Fsp3) is 0.259. The Hall–Kier alpha value is -3.85. The van der Waals surface area contributed by atoms with E-state index in [1.807, 2.05) is 30.3 Å². The molecular weight excluding hydrogens is 475 g/mol. The van der Waals surface area contributed by atoms with Gasteiger partial charge in [-0.1, -0.05) is 48.5 Å². The maximum absolute atomic E-state index is 13.0. The molecule has 3 aromatic rings. The molecule has 0 aliphatic carbocycles. The normalized spacial score (nSPS) is 11.2. The Morgan fingerprint density at radius 3 is 2.25 bits per heavy atom. The zero-order chi connectivity index (χ0) is 26.1. The van der Waals surface area contributed by atoms with Gasteiger partial charge in [0.2, 0.25) is 0 Å². The highest BCUT2D eigenvalue weighted by atomic mass is 19.4. The Morgan fingerprint density at radius 1 is 0.944 bits per heavy atom. The monoisotopic (exact) mass is 501 g/mol. The molecule has 0 atom stereocenters. The molecule has 0 spiro atoms. The summed E-state index contributed by atoms with van der Waals surface area (Å²) in [6, 6.07) is 17.2. The highest BCUT2D eigenvalue weighted by Crippen LogP contribution is 2.35. The molecule has 6 nitrogen and oxygen atoms in total. The van der Waals surface area contributed by atoms with Crippen LogP contribution in [0.4, 0.5) is 13.2 Å². The van der Waals surface area contributed by atoms with Crippen LogP contribution in [0, 0.1) is 0 Å². The standard InChI is InChI=1S/C27H26F3NO5/c1-35-24-12-11-21(19-7-9-20(10-8-19)27(28,29)30)23(22(24)15-25(32)33)16-31-14-13-26(34)36-17-18-5-3-2-4-6-18/h2-12,31H,13-17H2,1H3,(H,32,33). The molecule has 2 N–H and O–H groups in total. The molecule has 0 bridgehead atoms. The van der Waals surface area contributed by atoms with Crippen LogP contribution in [0.1, 0.15) is 28.7 Å². The van der Waals surface area contributed by atoms with Gasteiger partial charge < -0.3 is 19.9 Å². The number of carboxylic acids is 1. The van der Waals surface area contributed by atoms with Crippen molar-refractivity contribution in [1.29, 1.82) is 0 Å². The van der Waals surface area contributed by atoms with E-state index in [1.54, 1.807) is 12.1 Å². The van der Waals surface area contributed by atoms with Crippen molar-refractivity contribution >= 4 is 11.9 Å². The van der Waals surface area contributed by atoms with Gasteiger partial charge >= 0.3 is 18.1 Å². The third-order valence-corrected chi connectivity index (χ3v) is 5.51. The number of esters is 1. The van der Waals surface area contributed by atoms with Gasteiger partial charge in [-0.25, -0.2) is 0 Å². The van der Waals surface area contributed by atoms with Crippen LogP contribution in [0.3, 0.4) is 0 Å². The van der Waals surface area contributed by atoms with Crippen LogP contribution in [0.5, 0.6) is 5.75 Å². The highest BCUT2D eigenvalue weighted by Gasteiger charge is 2.30. The summed E-state index contributed by atoms with van der Waals surface area (Å²) in [5, 5.41) is 12.5. The number of hydrogen-bond acceptors (Lipinski definition) is 5. The molecule has 0 heterocycles. The van der Waals surface area contributed by atoms with E-state index in [2.05, 4.69) is 5.32 Å². The Balaban J connectivity index is 1.76. The van der Waals surface area contributed by atoms with Crippen LogP contribution < -0.4 is 10.1 Å². The number of alkyl halides is 3. The van der Waals surface area contributed by atoms with Crippen molar-refractivity contribution in [2.45, 2.75) is 32.2 Å². The molecule has 0 aromatic heterocycles. The second-order valence-electron chi connectivity index (χ2n) is 7.99. The molecule has 9 heteroatoms. The number of carbonyl (C=O) groups excluding carboxylic acids is 1. The Kier molecular flexibility index (Phi) is 9.08. The first kappa shape index (κ1) is 26.7. The molecule has 0 unspecified atom stereocenters. The third kappa shape index (κ3) is 7.32. The fourth-order valence-electron chi connectivity index (χ4n) is 3.73. The number of nitrogens with one attached hydrogen (secondary N) is 1. The summed E-state index contributed by atoms with van der Waals surface area (Å²) in [5.74, 6) is -1.12. The van der Waals surface area contributed by atoms with Crippen LogP contribution >= 0.6 is 0 Å². The van der Waals surface area contributed by atoms with Crippen LogP contribution in [0.15, 0.2) is 66.7 Å². The summed E-state index contributed by atoms with van der Waals surface area (Å²) in [4.78, 5) is 23.6. The van der Waals surface area contributed by atoms with Crippen LogP contribution in [-0.4, -0.2) is 30.7 Å². The predicted octanol–water partition coefficient (Wildman–Crippen LogP) is 5.23. The first-order valence-corrected chi connectivity index (χ1v) is 11.2. The molecule has 0 aliphatic heterocycles. The van der Waals surface area contributed by atoms with Gasteiger partial charge in [-0.3, -0.25) is 9.59 Å². The first-order valence-electron chi connectivity index (χ1n) is 11.2. The molecule has 3 rings (SSSR count). The van der Waals surface area contributed by atoms with Gasteiger partial charge in [-0.2, -0.15) is 13.2 Å². The lowest BCUT2D eigenvalue weighted by Crippen LogP contribution is -2.21. The average molecular weight is 502 g/mol. The fourth-order valence-corrected chi connectivity index (χ4v) is 3.73. The minimum atomic E-state index is -4.47. The topological polar surface area (TPSA) is 84.9 Å². The average Bonchev–Trinajstić information content (AvgIpc) is 2.85. The van der Waals surface area contributed by atoms with Gasteiger partial charge in [0.25, 0.3) is 0 Å². The van der Waals surface area contributed by atoms with E-state index < -0.39 is 23.7 Å². The summed E-state index contributed by atoms with van der Waals surface area (Å²) in [6.45, 7) is 0.586. The number of benzene rings is 3. The van der Waals surface area contributed by atoms with Gasteiger partial charge in [-0.05, 0) is 40.5 Å². The number of carbonyl (C=O) groups is 2. The van der Waals surface area contributed by atoms with Gasteiger partial charge in [-0.15, -0.1) is 0 Å². The molecule has 0 radical (unpaired) electrons. The molecule has 0 amide bonds. The van der Waals surface area contributed by atoms with E-state index in [-0.39, 0.29) is 32.5 Å². The van der Waals surface area contributed by atoms with Crippen molar-refractivity contribution in [2.75, 3.05) is 13.7 Å². The second kappa shape index (κ2) is 12.2. The van der Waals surface area contributed by atoms with E-state index in [0.29, 0.717) is 28.0 Å². The molecule has 0 saturated heterocycles. The zero-order valence-electron chi connectivity index (χ0n) is 19.6. The lowest BCUT2D eigenvalue weighted by Gasteiger charge is -2.18. The molecule has 36 heavy (non-hydrogen) atoms. The molecule has 3 aromatic carbocycles. The molecule has 0 aliphatic rings. The van der Waals surface area contributed by atoms with E-state index in [0.717, 1.165) is 17.7 Å². The number of rotatable bonds is 11. The molecule has 0 fully saturated rings. The summed E-state index contributed by atoms with van der Waals surface area (Å²) >= 11 is 0. The van der Waals surface area contributed by atoms with E-state index in [9.17, 15) is 27.9 Å². The minimum absolute atomic E-state index is 0.0840. The SMILES string of the molecule is COc1ccc(-c2ccc(C(F)(F)F)cc2)c(CNCCC(=O)OCc2ccccc2)c1CC(=O)O. The van der Waals surface area contributed by atoms with Gasteiger partial charge in [0.1, 0.15) is 12.4 Å². The van der Waals surface area contributed by atoms with Crippen molar-refractivity contribution in [3.05, 3.63) is 89.0 Å². The zero-order valence-corrected chi connectivity index (χ0v) is 19.6. The van der Waals surface area contributed by atoms with Crippen LogP contribution in [-0.2, 0) is 40.1 Å². The van der Waals surface area contributed by atoms with Gasteiger partial charge in [0, 0.05) is 18.7 Å². The number of methoxy groups -OCH3 is 1. The van der Waals surface area contributed by atoms with E-state index in [1.165, 1.54) is 19.2 Å². The van der Waals surface area contributed by atoms with Gasteiger partial charge in [0.15, 0.2) is 0 Å². The highest BCUT2D eigenvalue weighted by molar-refractivity contribution is 5.77. The lowest BCUT2D eigenvalue weighted by molar-refractivity contribution is -0.145. The Bertz CT molecular complexity index is 1180. The van der Waals surface area contributed by atoms with Crippen molar-refractivity contribution in [3.8, 4) is 16.9 Å². The van der Waals surface area contributed by atoms with E-state index >= 15 is 0 Å². The largest absolute Gasteiger partial charge is 0.496 e. The number of carboxylic acid groups (broad SMARTS) is 1. The lowest BCUT2D eigenvalue weighted by atomic mass is 9.92. The van der Waals surface area contributed by atoms with E-state index in [4.69, 9.17) is 9.47 Å². The third-order valence-electron chi connectivity index (χ3n) is 5.51. The quantitative estimate of drug-likeness (QED) is 0.277. The number of aliphatic carboxylic acids is 1. The smallest absolute Gasteiger partial charge is 0.416 e. The van der Waals surface area contributed by atoms with Crippen molar-refractivity contribution in [3.63, 3.8) is 0 Å². The Labute approximate surface area is 206 Å². The molecular formula is C27H26F3NO5. The van der Waals surface area contributed by atoms with Crippen LogP contribution in [0.25, 0.3) is 11.1 Å². The molecule has 0 saturated carbocycles. The van der Waals surface area contributed by atoms with Crippen molar-refractivity contribution in [2.24, 2.45) is 0 Å².